The topological polar surface area (TPSA) is 90.4 Å². The highest BCUT2D eigenvalue weighted by Gasteiger charge is 2.40. The van der Waals surface area contributed by atoms with Crippen molar-refractivity contribution in [1.29, 1.82) is 0 Å². The quantitative estimate of drug-likeness (QED) is 0.840. The van der Waals surface area contributed by atoms with Crippen molar-refractivity contribution in [2.45, 2.75) is 32.8 Å². The summed E-state index contributed by atoms with van der Waals surface area (Å²) in [5.74, 6) is -0.975. The highest BCUT2D eigenvalue weighted by molar-refractivity contribution is 5.82. The summed E-state index contributed by atoms with van der Waals surface area (Å²) < 4.78 is 7.12. The summed E-state index contributed by atoms with van der Waals surface area (Å²) in [6.07, 6.45) is 1.75. The Morgan fingerprint density at radius 3 is 2.64 bits per heavy atom. The number of aromatic nitrogens is 2. The molecule has 22 heavy (non-hydrogen) atoms. The lowest BCUT2D eigenvalue weighted by Gasteiger charge is -2.17. The Kier molecular flexibility index (Phi) is 4.85. The molecule has 7 nitrogen and oxygen atoms in total. The van der Waals surface area contributed by atoms with Gasteiger partial charge in [-0.25, -0.2) is 0 Å². The molecular weight excluding hydrogens is 284 g/mol. The smallest absolute Gasteiger partial charge is 0.248 e. The van der Waals surface area contributed by atoms with Gasteiger partial charge in [0.25, 0.3) is 0 Å². The van der Waals surface area contributed by atoms with Crippen LogP contribution in [-0.4, -0.2) is 52.3 Å². The van der Waals surface area contributed by atoms with E-state index >= 15 is 0 Å². The number of aryl methyl sites for hydroxylation is 1. The maximum absolute atomic E-state index is 12.2. The van der Waals surface area contributed by atoms with E-state index in [0.717, 1.165) is 11.3 Å². The number of hydrogen-bond donors (Lipinski definition) is 1. The lowest BCUT2D eigenvalue weighted by Crippen LogP contribution is -2.34. The number of likely N-dealkylation sites (tertiary alicyclic amines) is 1. The zero-order valence-electron chi connectivity index (χ0n) is 13.6. The van der Waals surface area contributed by atoms with Crippen LogP contribution in [0, 0.1) is 12.8 Å². The predicted octanol–water partition coefficient (Wildman–Crippen LogP) is 0.181. The maximum atomic E-state index is 12.2. The molecule has 2 atom stereocenters. The summed E-state index contributed by atoms with van der Waals surface area (Å²) in [5.41, 5.74) is 7.50. The fourth-order valence-corrected chi connectivity index (χ4v) is 2.82. The second-order valence-corrected chi connectivity index (χ2v) is 6.08. The maximum Gasteiger partial charge on any atom is 0.248 e. The largest absolute Gasteiger partial charge is 0.369 e. The van der Waals surface area contributed by atoms with E-state index in [1.165, 1.54) is 0 Å². The molecule has 2 amide bonds. The standard InChI is InChI=1S/C15H24N4O3/c1-9(2)22-8-14(20)19-6-12(13(7-19)15(16)21)11-5-17-18(4)10(11)3/h5,9,12-13H,6-8H2,1-4H3,(H2,16,21)/t12-,13+/m1/s1. The molecule has 1 saturated heterocycles. The summed E-state index contributed by atoms with van der Waals surface area (Å²) in [6.45, 7) is 6.56. The van der Waals surface area contributed by atoms with E-state index in [2.05, 4.69) is 5.10 Å². The van der Waals surface area contributed by atoms with Crippen LogP contribution < -0.4 is 5.73 Å². The van der Waals surface area contributed by atoms with Crippen LogP contribution in [-0.2, 0) is 21.4 Å². The molecule has 1 fully saturated rings. The summed E-state index contributed by atoms with van der Waals surface area (Å²) in [5, 5.41) is 4.22. The van der Waals surface area contributed by atoms with E-state index in [4.69, 9.17) is 10.5 Å². The van der Waals surface area contributed by atoms with Crippen LogP contribution in [0.5, 0.6) is 0 Å². The Morgan fingerprint density at radius 1 is 1.45 bits per heavy atom. The van der Waals surface area contributed by atoms with Gasteiger partial charge in [-0.15, -0.1) is 0 Å². The summed E-state index contributed by atoms with van der Waals surface area (Å²) in [7, 11) is 1.85. The molecule has 7 heteroatoms. The van der Waals surface area contributed by atoms with Gasteiger partial charge in [-0.2, -0.15) is 5.10 Å². The number of carbonyl (C=O) groups excluding carboxylic acids is 2. The van der Waals surface area contributed by atoms with Crippen LogP contribution in [0.15, 0.2) is 6.20 Å². The molecule has 0 radical (unpaired) electrons. The Bertz CT molecular complexity index is 567. The first-order valence-electron chi connectivity index (χ1n) is 7.48. The average molecular weight is 308 g/mol. The molecule has 1 aromatic rings. The van der Waals surface area contributed by atoms with Crippen LogP contribution >= 0.6 is 0 Å². The number of hydrogen-bond acceptors (Lipinski definition) is 4. The van der Waals surface area contributed by atoms with Gasteiger partial charge < -0.3 is 15.4 Å². The number of rotatable bonds is 5. The fraction of sp³-hybridized carbons (Fsp3) is 0.667. The van der Waals surface area contributed by atoms with Gasteiger partial charge in [0.1, 0.15) is 6.61 Å². The average Bonchev–Trinajstić information content (AvgIpc) is 3.01. The summed E-state index contributed by atoms with van der Waals surface area (Å²) >= 11 is 0. The third kappa shape index (κ3) is 3.30. The minimum absolute atomic E-state index is 0.00476. The zero-order valence-corrected chi connectivity index (χ0v) is 13.6. The summed E-state index contributed by atoms with van der Waals surface area (Å²) in [4.78, 5) is 25.6. The first-order valence-corrected chi connectivity index (χ1v) is 7.48. The highest BCUT2D eigenvalue weighted by Crippen LogP contribution is 2.34. The van der Waals surface area contributed by atoms with Crippen molar-refractivity contribution in [3.05, 3.63) is 17.5 Å². The second kappa shape index (κ2) is 6.48. The van der Waals surface area contributed by atoms with Gasteiger partial charge >= 0.3 is 0 Å². The Morgan fingerprint density at radius 2 is 2.14 bits per heavy atom. The Labute approximate surface area is 130 Å². The molecule has 2 heterocycles. The molecule has 2 N–H and O–H groups in total. The number of nitrogens with two attached hydrogens (primary N) is 1. The van der Waals surface area contributed by atoms with Crippen molar-refractivity contribution >= 4 is 11.8 Å². The van der Waals surface area contributed by atoms with Crippen molar-refractivity contribution in [2.24, 2.45) is 18.7 Å². The minimum Gasteiger partial charge on any atom is -0.369 e. The van der Waals surface area contributed by atoms with E-state index in [0.29, 0.717) is 13.1 Å². The molecule has 1 aromatic heterocycles. The van der Waals surface area contributed by atoms with Gasteiger partial charge in [0, 0.05) is 31.7 Å². The van der Waals surface area contributed by atoms with Gasteiger partial charge in [-0.05, 0) is 26.3 Å². The molecule has 0 spiro atoms. The molecule has 122 valence electrons. The third-order valence-corrected chi connectivity index (χ3v) is 4.25. The lowest BCUT2D eigenvalue weighted by molar-refractivity contribution is -0.136. The molecular formula is C15H24N4O3. The normalized spacial score (nSPS) is 21.6. The summed E-state index contributed by atoms with van der Waals surface area (Å²) in [6, 6.07) is 0. The van der Waals surface area contributed by atoms with Crippen LogP contribution in [0.25, 0.3) is 0 Å². The molecule has 1 aliphatic rings. The third-order valence-electron chi connectivity index (χ3n) is 4.25. The first-order chi connectivity index (χ1) is 10.3. The van der Waals surface area contributed by atoms with Gasteiger partial charge in [-0.3, -0.25) is 14.3 Å². The molecule has 0 unspecified atom stereocenters. The van der Waals surface area contributed by atoms with E-state index in [9.17, 15) is 9.59 Å². The molecule has 0 saturated carbocycles. The predicted molar refractivity (Wildman–Crippen MR) is 81.0 cm³/mol. The fourth-order valence-electron chi connectivity index (χ4n) is 2.82. The number of primary amides is 1. The van der Waals surface area contributed by atoms with Crippen LogP contribution in [0.3, 0.4) is 0 Å². The molecule has 0 bridgehead atoms. The van der Waals surface area contributed by atoms with Crippen molar-refractivity contribution in [3.8, 4) is 0 Å². The number of carbonyl (C=O) groups is 2. The monoisotopic (exact) mass is 308 g/mol. The Balaban J connectivity index is 2.15. The zero-order chi connectivity index (χ0) is 16.4. The van der Waals surface area contributed by atoms with Gasteiger partial charge in [0.05, 0.1) is 18.2 Å². The van der Waals surface area contributed by atoms with Gasteiger partial charge in [0.15, 0.2) is 0 Å². The van der Waals surface area contributed by atoms with Crippen molar-refractivity contribution in [1.82, 2.24) is 14.7 Å². The van der Waals surface area contributed by atoms with Crippen LogP contribution in [0.1, 0.15) is 31.0 Å². The van der Waals surface area contributed by atoms with E-state index in [-0.39, 0.29) is 36.4 Å². The Hall–Kier alpha value is -1.89. The minimum atomic E-state index is -0.383. The molecule has 2 rings (SSSR count). The van der Waals surface area contributed by atoms with E-state index in [1.54, 1.807) is 15.8 Å². The number of ether oxygens (including phenoxy) is 1. The number of nitrogens with zero attached hydrogens (tertiary/aromatic N) is 3. The molecule has 1 aliphatic heterocycles. The highest BCUT2D eigenvalue weighted by atomic mass is 16.5. The van der Waals surface area contributed by atoms with Crippen molar-refractivity contribution in [2.75, 3.05) is 19.7 Å². The number of amides is 2. The van der Waals surface area contributed by atoms with E-state index < -0.39 is 0 Å². The first kappa shape index (κ1) is 16.5. The SMILES string of the molecule is Cc1c([C@H]2CN(C(=O)COC(C)C)C[C@@H]2C(N)=O)cnn1C. The van der Waals surface area contributed by atoms with Crippen molar-refractivity contribution < 1.29 is 14.3 Å². The van der Waals surface area contributed by atoms with Crippen molar-refractivity contribution in [3.63, 3.8) is 0 Å². The second-order valence-electron chi connectivity index (χ2n) is 6.08. The van der Waals surface area contributed by atoms with Crippen LogP contribution in [0.2, 0.25) is 0 Å². The molecule has 0 aromatic carbocycles. The van der Waals surface area contributed by atoms with Crippen LogP contribution in [0.4, 0.5) is 0 Å². The van der Waals surface area contributed by atoms with Gasteiger partial charge in [0.2, 0.25) is 11.8 Å². The van der Waals surface area contributed by atoms with Gasteiger partial charge in [-0.1, -0.05) is 0 Å². The lowest BCUT2D eigenvalue weighted by atomic mass is 9.89. The molecule has 0 aliphatic carbocycles. The van der Waals surface area contributed by atoms with E-state index in [1.807, 2.05) is 27.8 Å².